The molecule has 0 unspecified atom stereocenters. The summed E-state index contributed by atoms with van der Waals surface area (Å²) in [5.41, 5.74) is 0. The van der Waals surface area contributed by atoms with E-state index >= 15 is 0 Å². The number of fused-ring (bicyclic) bond motifs is 3. The lowest BCUT2D eigenvalue weighted by Crippen LogP contribution is -2.69. The predicted octanol–water partition coefficient (Wildman–Crippen LogP) is 8.39. The summed E-state index contributed by atoms with van der Waals surface area (Å²) in [7, 11) is -3.41. The topological polar surface area (TPSA) is 0 Å². The van der Waals surface area contributed by atoms with Crippen LogP contribution in [0.5, 0.6) is 0 Å². The Labute approximate surface area is 172 Å². The third-order valence-corrected chi connectivity index (χ3v) is 7.03. The average molecular weight is 503 g/mol. The van der Waals surface area contributed by atoms with Crippen molar-refractivity contribution in [3.05, 3.63) is 48.5 Å². The number of thiophene rings is 1. The first-order chi connectivity index (χ1) is 14.3. The molecule has 0 aliphatic heterocycles. The molecule has 0 saturated heterocycles. The van der Waals surface area contributed by atoms with E-state index in [0.29, 0.717) is 0 Å². The van der Waals surface area contributed by atoms with Gasteiger partial charge < -0.3 is 0 Å². The molecule has 1 aromatic heterocycles. The lowest BCUT2D eigenvalue weighted by molar-refractivity contribution is -0.437. The molecule has 32 heavy (non-hydrogen) atoms. The van der Waals surface area contributed by atoms with Crippen LogP contribution in [0.3, 0.4) is 0 Å². The van der Waals surface area contributed by atoms with Gasteiger partial charge in [0.2, 0.25) is 0 Å². The Bertz CT molecular complexity index is 1100. The van der Waals surface area contributed by atoms with Gasteiger partial charge in [-0.25, -0.2) is 0 Å². The predicted molar refractivity (Wildman–Crippen MR) is 90.0 cm³/mol. The van der Waals surface area contributed by atoms with E-state index in [1.54, 1.807) is 0 Å². The van der Waals surface area contributed by atoms with Gasteiger partial charge in [-0.3, -0.25) is 0 Å². The number of rotatable bonds is 5. The molecule has 3 rings (SSSR count). The van der Waals surface area contributed by atoms with Gasteiger partial charge in [0.1, 0.15) is 0 Å². The first-order valence-corrected chi connectivity index (χ1v) is 9.45. The number of hydrogen-bond acceptors (Lipinski definition) is 0. The van der Waals surface area contributed by atoms with Crippen molar-refractivity contribution < 1.29 is 57.1 Å². The molecular formula is C18H8F13S+. The van der Waals surface area contributed by atoms with Crippen molar-refractivity contribution in [1.82, 2.24) is 0 Å². The SMILES string of the molecule is FC(F)(F)C(F)(F)C(F)(F)C(F)(F)C(F)(F)C(F)(F)[s+]1c2ccccc2c2ccccc21. The molecule has 0 fully saturated rings. The van der Waals surface area contributed by atoms with Gasteiger partial charge in [-0.05, 0) is 24.3 Å². The Balaban J connectivity index is 2.30. The summed E-state index contributed by atoms with van der Waals surface area (Å²) in [6, 6.07) is 8.52. The highest BCUT2D eigenvalue weighted by Crippen LogP contribution is 2.66. The van der Waals surface area contributed by atoms with E-state index in [0.717, 1.165) is 36.4 Å². The van der Waals surface area contributed by atoms with Crippen LogP contribution >= 0.6 is 10.5 Å². The van der Waals surface area contributed by atoms with Crippen LogP contribution in [0.15, 0.2) is 48.5 Å². The van der Waals surface area contributed by atoms with E-state index in [1.807, 2.05) is 0 Å². The summed E-state index contributed by atoms with van der Waals surface area (Å²) in [5, 5.41) is -6.47. The van der Waals surface area contributed by atoms with E-state index in [1.165, 1.54) is 12.1 Å². The summed E-state index contributed by atoms with van der Waals surface area (Å²) >= 11 is 0. The highest BCUT2D eigenvalue weighted by atomic mass is 32.2. The average Bonchev–Trinajstić information content (AvgIpc) is 3.01. The van der Waals surface area contributed by atoms with E-state index in [2.05, 4.69) is 0 Å². The van der Waals surface area contributed by atoms with Gasteiger partial charge in [0.05, 0.1) is 10.5 Å². The van der Waals surface area contributed by atoms with Crippen LogP contribution in [0.2, 0.25) is 0 Å². The molecule has 0 aliphatic rings. The standard InChI is InChI=1S/C18H8F13S/c19-13(20,15(23,24)17(27,28)29)14(21,22)16(25,26)18(30,31)32-11-7-3-1-5-9(11)10-6-2-4-8-12(10)32/h1-8H/q+1. The van der Waals surface area contributed by atoms with Crippen molar-refractivity contribution in [1.29, 1.82) is 0 Å². The molecule has 0 amide bonds. The van der Waals surface area contributed by atoms with Crippen LogP contribution in [-0.2, 0) is 5.25 Å². The first kappa shape index (κ1) is 24.4. The second-order valence-corrected chi connectivity index (χ2v) is 8.62. The summed E-state index contributed by atoms with van der Waals surface area (Å²) in [5.74, 6) is -30.8. The summed E-state index contributed by atoms with van der Waals surface area (Å²) in [6.45, 7) is 0. The Morgan fingerprint density at radius 2 is 0.781 bits per heavy atom. The van der Waals surface area contributed by atoms with Crippen LogP contribution < -0.4 is 0 Å². The lowest BCUT2D eigenvalue weighted by atomic mass is 9.98. The zero-order valence-corrected chi connectivity index (χ0v) is 15.8. The quantitative estimate of drug-likeness (QED) is 0.242. The van der Waals surface area contributed by atoms with Gasteiger partial charge in [-0.1, -0.05) is 24.3 Å². The van der Waals surface area contributed by atoms with Crippen molar-refractivity contribution >= 4 is 30.6 Å². The zero-order chi connectivity index (χ0) is 24.5. The van der Waals surface area contributed by atoms with Crippen LogP contribution in [0.4, 0.5) is 57.1 Å². The normalized spacial score (nSPS) is 15.0. The number of hydrogen-bond donors (Lipinski definition) is 0. The molecule has 0 atom stereocenters. The Morgan fingerprint density at radius 3 is 1.16 bits per heavy atom. The zero-order valence-electron chi connectivity index (χ0n) is 14.9. The Kier molecular flexibility index (Phi) is 5.24. The number of benzene rings is 2. The maximum absolute atomic E-state index is 14.9. The van der Waals surface area contributed by atoms with Gasteiger partial charge >= 0.3 is 35.1 Å². The van der Waals surface area contributed by atoms with Gasteiger partial charge in [-0.2, -0.15) is 48.3 Å². The fourth-order valence-electron chi connectivity index (χ4n) is 3.01. The fourth-order valence-corrected chi connectivity index (χ4v) is 5.41. The molecule has 0 aliphatic carbocycles. The van der Waals surface area contributed by atoms with Crippen LogP contribution in [-0.4, -0.2) is 29.9 Å². The summed E-state index contributed by atoms with van der Waals surface area (Å²) in [4.78, 5) is 0. The molecule has 0 bridgehead atoms. The van der Waals surface area contributed by atoms with Gasteiger partial charge in [-0.15, -0.1) is 8.78 Å². The van der Waals surface area contributed by atoms with Crippen molar-refractivity contribution in [2.75, 3.05) is 0 Å². The summed E-state index contributed by atoms with van der Waals surface area (Å²) in [6.07, 6.45) is -7.43. The second-order valence-electron chi connectivity index (χ2n) is 6.61. The summed E-state index contributed by atoms with van der Waals surface area (Å²) < 4.78 is 175. The first-order valence-electron chi connectivity index (χ1n) is 8.22. The van der Waals surface area contributed by atoms with E-state index in [-0.39, 0.29) is 10.8 Å². The minimum Gasteiger partial charge on any atom is -0.192 e. The fraction of sp³-hybridized carbons (Fsp3) is 0.333. The molecule has 2 aromatic carbocycles. The third kappa shape index (κ3) is 2.90. The molecule has 176 valence electrons. The van der Waals surface area contributed by atoms with Crippen molar-refractivity contribution in [2.24, 2.45) is 0 Å². The van der Waals surface area contributed by atoms with E-state index in [9.17, 15) is 57.1 Å². The van der Waals surface area contributed by atoms with E-state index in [4.69, 9.17) is 0 Å². The molecule has 0 spiro atoms. The molecule has 0 nitrogen and oxygen atoms in total. The molecule has 3 aromatic rings. The van der Waals surface area contributed by atoms with Gasteiger partial charge in [0.25, 0.3) is 0 Å². The molecule has 0 radical (unpaired) electrons. The van der Waals surface area contributed by atoms with Crippen molar-refractivity contribution in [3.63, 3.8) is 0 Å². The Morgan fingerprint density at radius 1 is 0.438 bits per heavy atom. The Hall–Kier alpha value is -2.25. The minimum absolute atomic E-state index is 0.141. The monoisotopic (exact) mass is 503 g/mol. The minimum atomic E-state index is -7.91. The van der Waals surface area contributed by atoms with E-state index < -0.39 is 55.0 Å². The second kappa shape index (κ2) is 6.87. The van der Waals surface area contributed by atoms with Crippen LogP contribution in [0, 0.1) is 0 Å². The molecular weight excluding hydrogens is 495 g/mol. The van der Waals surface area contributed by atoms with Crippen LogP contribution in [0.1, 0.15) is 0 Å². The van der Waals surface area contributed by atoms with Crippen molar-refractivity contribution in [2.45, 2.75) is 35.1 Å². The molecule has 14 heteroatoms. The lowest BCUT2D eigenvalue weighted by Gasteiger charge is -2.37. The van der Waals surface area contributed by atoms with Gasteiger partial charge in [0.15, 0.2) is 9.40 Å². The highest BCUT2D eigenvalue weighted by Gasteiger charge is 2.93. The molecule has 0 saturated carbocycles. The maximum Gasteiger partial charge on any atom is 0.503 e. The van der Waals surface area contributed by atoms with Crippen LogP contribution in [0.25, 0.3) is 20.2 Å². The molecule has 1 heterocycles. The third-order valence-electron chi connectivity index (χ3n) is 4.67. The maximum atomic E-state index is 14.9. The number of halogens is 13. The smallest absolute Gasteiger partial charge is 0.192 e. The number of alkyl halides is 13. The van der Waals surface area contributed by atoms with Gasteiger partial charge in [0, 0.05) is 10.8 Å². The largest absolute Gasteiger partial charge is 0.503 e. The molecule has 0 N–H and O–H groups in total. The van der Waals surface area contributed by atoms with Crippen molar-refractivity contribution in [3.8, 4) is 0 Å². The highest BCUT2D eigenvalue weighted by molar-refractivity contribution is 7.44.